The molecule has 0 spiro atoms. The van der Waals surface area contributed by atoms with Crippen molar-refractivity contribution in [2.45, 2.75) is 6.42 Å². The molecule has 0 atom stereocenters. The average molecular weight is 1230 g/mol. The van der Waals surface area contributed by atoms with E-state index in [0.29, 0.717) is 0 Å². The summed E-state index contributed by atoms with van der Waals surface area (Å²) in [6.45, 7) is 0. The van der Waals surface area contributed by atoms with Gasteiger partial charge in [0.05, 0.1) is 0 Å². The molecule has 17 aromatic rings. The normalized spacial score (nSPS) is 12.4. The monoisotopic (exact) mass is 1230 g/mol. The Balaban J connectivity index is 0.754. The molecule has 0 saturated heterocycles. The predicted octanol–water partition coefficient (Wildman–Crippen LogP) is 18.1. The molecule has 3 heterocycles. The van der Waals surface area contributed by atoms with Gasteiger partial charge >= 0.3 is 0 Å². The summed E-state index contributed by atoms with van der Waals surface area (Å²) in [7, 11) is -5.92. The second-order valence-corrected chi connectivity index (χ2v) is 34.8. The summed E-state index contributed by atoms with van der Waals surface area (Å²) < 4.78 is 8.01. The molecule has 0 unspecified atom stereocenters. The average Bonchev–Trinajstić information content (AvgIpc) is 1.39. The molecule has 0 saturated carbocycles. The highest BCUT2D eigenvalue weighted by Gasteiger charge is 2.46. The number of hydrogen-bond acceptors (Lipinski definition) is 3. The first-order valence-electron chi connectivity index (χ1n) is 31.1. The van der Waals surface area contributed by atoms with Crippen LogP contribution in [-0.4, -0.2) is 16.1 Å². The van der Waals surface area contributed by atoms with E-state index in [1.54, 1.807) is 0 Å². The largest absolute Gasteiger partial charge is 0.181 e. The Morgan fingerprint density at radius 2 is 0.622 bits per heavy atom. The zero-order chi connectivity index (χ0) is 59.3. The van der Waals surface area contributed by atoms with Gasteiger partial charge < -0.3 is 0 Å². The fourth-order valence-electron chi connectivity index (χ4n) is 15.5. The van der Waals surface area contributed by atoms with Gasteiger partial charge in [0.15, 0.2) is 16.1 Å². The van der Waals surface area contributed by atoms with E-state index < -0.39 is 16.1 Å². The first kappa shape index (κ1) is 53.2. The molecular weight excluding hydrogens is 1170 g/mol. The van der Waals surface area contributed by atoms with E-state index in [-0.39, 0.29) is 0 Å². The minimum absolute atomic E-state index is 0.896. The highest BCUT2D eigenvalue weighted by atomic mass is 32.1. The minimum Gasteiger partial charge on any atom is -0.135 e. The van der Waals surface area contributed by atoms with Crippen molar-refractivity contribution in [1.82, 2.24) is 0 Å². The zero-order valence-corrected chi connectivity index (χ0v) is 53.6. The predicted molar refractivity (Wildman–Crippen MR) is 397 cm³/mol. The second kappa shape index (κ2) is 21.5. The van der Waals surface area contributed by atoms with Crippen LogP contribution in [-0.2, 0) is 6.42 Å². The Kier molecular flexibility index (Phi) is 12.7. The van der Waals surface area contributed by atoms with Gasteiger partial charge in [0.2, 0.25) is 0 Å². The zero-order valence-electron chi connectivity index (χ0n) is 49.1. The van der Waals surface area contributed by atoms with Crippen LogP contribution in [0.4, 0.5) is 0 Å². The third-order valence-electron chi connectivity index (χ3n) is 19.4. The maximum absolute atomic E-state index is 2.97. The lowest BCUT2D eigenvalue weighted by atomic mass is 9.97. The van der Waals surface area contributed by atoms with E-state index in [4.69, 9.17) is 0 Å². The van der Waals surface area contributed by atoms with Crippen LogP contribution in [0.15, 0.2) is 328 Å². The van der Waals surface area contributed by atoms with E-state index in [1.807, 2.05) is 34.0 Å². The quantitative estimate of drug-likeness (QED) is 0.0894. The third-order valence-corrected chi connectivity index (χ3v) is 32.9. The van der Waals surface area contributed by atoms with Crippen LogP contribution < -0.4 is 41.5 Å². The van der Waals surface area contributed by atoms with Gasteiger partial charge in [-0.25, -0.2) is 0 Å². The molecule has 0 N–H and O–H groups in total. The van der Waals surface area contributed by atoms with Gasteiger partial charge in [0, 0.05) is 60.5 Å². The van der Waals surface area contributed by atoms with Gasteiger partial charge in [-0.1, -0.05) is 297 Å². The van der Waals surface area contributed by atoms with E-state index in [0.717, 1.165) is 6.42 Å². The fourth-order valence-corrected chi connectivity index (χ4v) is 29.6. The Morgan fingerprint density at radius 3 is 1.20 bits per heavy atom. The number of thiophene rings is 3. The van der Waals surface area contributed by atoms with Crippen molar-refractivity contribution >= 4 is 152 Å². The van der Waals surface area contributed by atoms with Crippen molar-refractivity contribution in [1.29, 1.82) is 0 Å². The summed E-state index contributed by atoms with van der Waals surface area (Å²) >= 11 is 5.78. The molecule has 1 aliphatic carbocycles. The molecule has 14 aromatic carbocycles. The molecule has 90 heavy (non-hydrogen) atoms. The highest BCUT2D eigenvalue weighted by molar-refractivity contribution is 7.31. The summed E-state index contributed by atoms with van der Waals surface area (Å²) in [5.41, 5.74) is 13.1. The minimum atomic E-state index is -2.97. The van der Waals surface area contributed by atoms with Crippen molar-refractivity contribution < 1.29 is 0 Å². The lowest BCUT2D eigenvalue weighted by molar-refractivity contribution is 1.28. The van der Waals surface area contributed by atoms with Gasteiger partial charge in [-0.05, 0) is 134 Å². The summed E-state index contributed by atoms with van der Waals surface area (Å²) in [6, 6.07) is 125. The van der Waals surface area contributed by atoms with Crippen molar-refractivity contribution in [3.63, 3.8) is 0 Å². The Bertz CT molecular complexity index is 5570. The SMILES string of the molecule is c1ccc([Si](c2ccccc2)(c2cccc(-c3cccc4c3sc3ccccc34)c2)c2cccc(-c3cccc4c3sc3ccc(-c5ccc6c(c5)-c5cccc([Si](c7ccccc7)(c7ccccc7)c7cccc8c7sc7ccccc78)c5C6)cc34)c2)cc1. The van der Waals surface area contributed by atoms with Crippen LogP contribution in [0, 0.1) is 0 Å². The first-order valence-corrected chi connectivity index (χ1v) is 37.5. The maximum Gasteiger partial charge on any atom is 0.181 e. The van der Waals surface area contributed by atoms with Gasteiger partial charge in [-0.15, -0.1) is 34.0 Å². The summed E-state index contributed by atoms with van der Waals surface area (Å²) in [4.78, 5) is 0. The number of rotatable bonds is 11. The van der Waals surface area contributed by atoms with E-state index in [1.165, 1.54) is 158 Å². The first-order chi connectivity index (χ1) is 44.6. The van der Waals surface area contributed by atoms with Crippen LogP contribution in [0.1, 0.15) is 11.1 Å². The van der Waals surface area contributed by atoms with Crippen LogP contribution in [0.2, 0.25) is 0 Å². The number of fused-ring (bicyclic) bond motifs is 12. The Hall–Kier alpha value is -9.83. The van der Waals surface area contributed by atoms with E-state index in [9.17, 15) is 0 Å². The molecule has 0 bridgehead atoms. The van der Waals surface area contributed by atoms with E-state index in [2.05, 4.69) is 328 Å². The lowest BCUT2D eigenvalue weighted by Gasteiger charge is -2.36. The smallest absolute Gasteiger partial charge is 0.135 e. The second-order valence-electron chi connectivity index (χ2n) is 24.1. The lowest BCUT2D eigenvalue weighted by Crippen LogP contribution is -2.75. The van der Waals surface area contributed by atoms with Crippen molar-refractivity contribution in [2.75, 3.05) is 0 Å². The van der Waals surface area contributed by atoms with Crippen LogP contribution in [0.25, 0.3) is 105 Å². The molecule has 0 fully saturated rings. The van der Waals surface area contributed by atoms with Crippen LogP contribution >= 0.6 is 34.0 Å². The molecule has 5 heteroatoms. The van der Waals surface area contributed by atoms with Gasteiger partial charge in [0.1, 0.15) is 0 Å². The summed E-state index contributed by atoms with van der Waals surface area (Å²) in [5, 5.41) is 19.1. The van der Waals surface area contributed by atoms with Crippen LogP contribution in [0.5, 0.6) is 0 Å². The molecule has 0 radical (unpaired) electrons. The van der Waals surface area contributed by atoms with E-state index >= 15 is 0 Å². The topological polar surface area (TPSA) is 0 Å². The molecule has 0 nitrogen and oxygen atoms in total. The summed E-state index contributed by atoms with van der Waals surface area (Å²) in [6.07, 6.45) is 0.896. The maximum atomic E-state index is 2.54. The molecule has 0 amide bonds. The molecule has 1 aliphatic rings. The van der Waals surface area contributed by atoms with Crippen molar-refractivity contribution in [3.8, 4) is 44.5 Å². The molecule has 3 aromatic heterocycles. The molecule has 0 aliphatic heterocycles. The van der Waals surface area contributed by atoms with Crippen molar-refractivity contribution in [3.05, 3.63) is 339 Å². The standard InChI is InChI=1S/C85H56S3Si2/c1-5-25-61(26-6-1)89(62-27-7-2-8-28-62,65-33-17-23-58(51-65)67-37-19-40-72-70-35-13-15-43-78(70)86-83(67)72)66-34-18-24-59(52-66)68-38-20-41-74-76-54-57(49-50-80(76)87-84(68)74)56-47-48-60-55-77-69(75(60)53-56)39-21-45-81(77)90(63-29-9-3-10-30-63,64-31-11-4-12-32-64)82-46-22-42-73-71-36-14-16-44-79(71)88-85(73)82/h1-54H,55H2. The molecule has 18 rings (SSSR count). The van der Waals surface area contributed by atoms with Gasteiger partial charge in [-0.3, -0.25) is 0 Å². The van der Waals surface area contributed by atoms with Gasteiger partial charge in [0.25, 0.3) is 0 Å². The number of hydrogen-bond donors (Lipinski definition) is 0. The van der Waals surface area contributed by atoms with Crippen molar-refractivity contribution in [2.24, 2.45) is 0 Å². The third kappa shape index (κ3) is 8.21. The van der Waals surface area contributed by atoms with Crippen LogP contribution in [0.3, 0.4) is 0 Å². The Labute approximate surface area is 537 Å². The number of benzene rings is 14. The summed E-state index contributed by atoms with van der Waals surface area (Å²) in [5.74, 6) is 0. The highest BCUT2D eigenvalue weighted by Crippen LogP contribution is 2.45. The van der Waals surface area contributed by atoms with Gasteiger partial charge in [-0.2, -0.15) is 0 Å². The molecular formula is C85H56S3Si2. The molecule has 422 valence electrons. The Morgan fingerprint density at radius 1 is 0.222 bits per heavy atom. The fraction of sp³-hybridized carbons (Fsp3) is 0.0118.